The number of carbonyl (C=O) groups is 1. The molecule has 0 bridgehead atoms. The maximum atomic E-state index is 12.6. The van der Waals surface area contributed by atoms with E-state index >= 15 is 0 Å². The number of piperazine rings is 1. The number of β-amino-alcohol motifs (C(OH)–C–C–N with tert-alkyl or cyclic N) is 1. The number of carbonyl (C=O) groups excluding carboxylic acids is 1. The minimum absolute atomic E-state index is 0.122. The summed E-state index contributed by atoms with van der Waals surface area (Å²) >= 11 is 0. The predicted octanol–water partition coefficient (Wildman–Crippen LogP) is 1.58. The largest absolute Gasteiger partial charge is 0.390 e. The fourth-order valence-corrected chi connectivity index (χ4v) is 4.46. The number of benzene rings is 2. The van der Waals surface area contributed by atoms with E-state index in [4.69, 9.17) is 0 Å². The molecular formula is C25H34N4O2. The zero-order valence-electron chi connectivity index (χ0n) is 18.5. The van der Waals surface area contributed by atoms with Crippen LogP contribution in [0.4, 0.5) is 0 Å². The van der Waals surface area contributed by atoms with Gasteiger partial charge in [0.25, 0.3) is 5.91 Å². The molecule has 0 aliphatic carbocycles. The van der Waals surface area contributed by atoms with E-state index in [2.05, 4.69) is 57.4 Å². The van der Waals surface area contributed by atoms with Gasteiger partial charge in [0.05, 0.1) is 6.10 Å². The number of fused-ring (bicyclic) bond motifs is 1. The molecule has 0 radical (unpaired) electrons. The first-order valence-electron chi connectivity index (χ1n) is 11.3. The van der Waals surface area contributed by atoms with Gasteiger partial charge in [0.1, 0.15) is 0 Å². The molecule has 2 heterocycles. The van der Waals surface area contributed by atoms with Crippen molar-refractivity contribution in [1.82, 2.24) is 20.0 Å². The van der Waals surface area contributed by atoms with E-state index in [1.807, 2.05) is 18.2 Å². The maximum Gasteiger partial charge on any atom is 0.251 e. The average molecular weight is 423 g/mol. The van der Waals surface area contributed by atoms with Crippen LogP contribution in [0.5, 0.6) is 0 Å². The summed E-state index contributed by atoms with van der Waals surface area (Å²) in [6, 6.07) is 16.3. The Bertz CT molecular complexity index is 879. The van der Waals surface area contributed by atoms with Gasteiger partial charge in [0, 0.05) is 64.5 Å². The molecule has 0 saturated carbocycles. The first kappa shape index (κ1) is 22.0. The van der Waals surface area contributed by atoms with Gasteiger partial charge >= 0.3 is 0 Å². The lowest BCUT2D eigenvalue weighted by Gasteiger charge is -2.32. The summed E-state index contributed by atoms with van der Waals surface area (Å²) in [5.41, 5.74) is 4.55. The topological polar surface area (TPSA) is 59.1 Å². The Kier molecular flexibility index (Phi) is 7.35. The number of rotatable bonds is 7. The number of nitrogens with zero attached hydrogens (tertiary/aromatic N) is 3. The highest BCUT2D eigenvalue weighted by atomic mass is 16.3. The van der Waals surface area contributed by atoms with Crippen LogP contribution in [-0.2, 0) is 19.5 Å². The van der Waals surface area contributed by atoms with Crippen LogP contribution in [0, 0.1) is 0 Å². The molecule has 2 aromatic carbocycles. The third-order valence-corrected chi connectivity index (χ3v) is 6.37. The van der Waals surface area contributed by atoms with Gasteiger partial charge in [-0.3, -0.25) is 14.6 Å². The second-order valence-electron chi connectivity index (χ2n) is 8.90. The number of hydrogen-bond acceptors (Lipinski definition) is 5. The molecule has 31 heavy (non-hydrogen) atoms. The zero-order valence-corrected chi connectivity index (χ0v) is 18.5. The van der Waals surface area contributed by atoms with Crippen molar-refractivity contribution in [1.29, 1.82) is 0 Å². The molecule has 0 spiro atoms. The van der Waals surface area contributed by atoms with E-state index in [9.17, 15) is 9.90 Å². The summed E-state index contributed by atoms with van der Waals surface area (Å²) in [6.45, 7) is 7.78. The Labute approximate surface area is 185 Å². The molecule has 1 unspecified atom stereocenters. The third kappa shape index (κ3) is 6.14. The molecule has 1 atom stereocenters. The first-order chi connectivity index (χ1) is 15.1. The molecule has 2 aliphatic rings. The van der Waals surface area contributed by atoms with E-state index in [0.29, 0.717) is 12.1 Å². The monoisotopic (exact) mass is 422 g/mol. The summed E-state index contributed by atoms with van der Waals surface area (Å²) in [5, 5.41) is 13.4. The number of aliphatic hydroxyl groups excluding tert-OH is 1. The van der Waals surface area contributed by atoms with Gasteiger partial charge in [0.15, 0.2) is 0 Å². The summed E-state index contributed by atoms with van der Waals surface area (Å²) in [7, 11) is 2.15. The van der Waals surface area contributed by atoms with Crippen molar-refractivity contribution in [2.24, 2.45) is 0 Å². The van der Waals surface area contributed by atoms with Crippen LogP contribution in [0.25, 0.3) is 0 Å². The number of nitrogens with one attached hydrogen (secondary N) is 1. The van der Waals surface area contributed by atoms with E-state index in [1.165, 1.54) is 11.1 Å². The third-order valence-electron chi connectivity index (χ3n) is 6.37. The van der Waals surface area contributed by atoms with Crippen LogP contribution in [0.1, 0.15) is 27.0 Å². The number of aliphatic hydroxyl groups is 1. The fourth-order valence-electron chi connectivity index (χ4n) is 4.46. The van der Waals surface area contributed by atoms with E-state index < -0.39 is 6.10 Å². The van der Waals surface area contributed by atoms with Gasteiger partial charge in [-0.2, -0.15) is 0 Å². The lowest BCUT2D eigenvalue weighted by Crippen LogP contribution is -2.43. The SMILES string of the molecule is CN1CCN(Cc2cccc(C(=O)NCC(O)CN3CCc4ccccc4C3)c2)CC1. The van der Waals surface area contributed by atoms with Crippen LogP contribution >= 0.6 is 0 Å². The van der Waals surface area contributed by atoms with Crippen LogP contribution in [-0.4, -0.2) is 84.7 Å². The number of hydrogen-bond donors (Lipinski definition) is 2. The van der Waals surface area contributed by atoms with Crippen molar-refractivity contribution >= 4 is 5.91 Å². The van der Waals surface area contributed by atoms with Crippen molar-refractivity contribution in [2.75, 3.05) is 52.9 Å². The van der Waals surface area contributed by atoms with Gasteiger partial charge in [-0.25, -0.2) is 0 Å². The lowest BCUT2D eigenvalue weighted by atomic mass is 10.00. The Morgan fingerprint density at radius 2 is 1.77 bits per heavy atom. The van der Waals surface area contributed by atoms with Crippen molar-refractivity contribution in [3.8, 4) is 0 Å². The predicted molar refractivity (Wildman–Crippen MR) is 123 cm³/mol. The Balaban J connectivity index is 1.24. The molecule has 4 rings (SSSR count). The van der Waals surface area contributed by atoms with Gasteiger partial charge in [-0.05, 0) is 42.3 Å². The minimum atomic E-state index is -0.581. The van der Waals surface area contributed by atoms with Gasteiger partial charge in [0.2, 0.25) is 0 Å². The second-order valence-corrected chi connectivity index (χ2v) is 8.90. The Morgan fingerprint density at radius 1 is 1.00 bits per heavy atom. The minimum Gasteiger partial charge on any atom is -0.390 e. The van der Waals surface area contributed by atoms with Crippen molar-refractivity contribution in [3.05, 3.63) is 70.8 Å². The number of likely N-dealkylation sites (N-methyl/N-ethyl adjacent to an activating group) is 1. The smallest absolute Gasteiger partial charge is 0.251 e. The molecule has 166 valence electrons. The first-order valence-corrected chi connectivity index (χ1v) is 11.3. The van der Waals surface area contributed by atoms with Gasteiger partial charge < -0.3 is 15.3 Å². The fraction of sp³-hybridized carbons (Fsp3) is 0.480. The van der Waals surface area contributed by atoms with Crippen LogP contribution < -0.4 is 5.32 Å². The molecule has 1 saturated heterocycles. The van der Waals surface area contributed by atoms with Crippen LogP contribution in [0.3, 0.4) is 0 Å². The van der Waals surface area contributed by atoms with E-state index in [-0.39, 0.29) is 12.5 Å². The maximum absolute atomic E-state index is 12.6. The van der Waals surface area contributed by atoms with E-state index in [1.54, 1.807) is 0 Å². The van der Waals surface area contributed by atoms with Crippen LogP contribution in [0.15, 0.2) is 48.5 Å². The standard InChI is InChI=1S/C25H34N4O2/c1-27-11-13-28(14-12-27)17-20-5-4-8-22(15-20)25(31)26-16-24(30)19-29-10-9-21-6-2-3-7-23(21)18-29/h2-8,15,24,30H,9-14,16-19H2,1H3,(H,26,31). The van der Waals surface area contributed by atoms with Crippen molar-refractivity contribution < 1.29 is 9.90 Å². The molecule has 2 aromatic rings. The molecule has 1 fully saturated rings. The molecule has 6 nitrogen and oxygen atoms in total. The zero-order chi connectivity index (χ0) is 21.6. The molecule has 6 heteroatoms. The normalized spacial score (nSPS) is 19.0. The van der Waals surface area contributed by atoms with Crippen LogP contribution in [0.2, 0.25) is 0 Å². The van der Waals surface area contributed by atoms with E-state index in [0.717, 1.165) is 57.8 Å². The summed E-state index contributed by atoms with van der Waals surface area (Å²) in [4.78, 5) is 19.7. The molecule has 2 aliphatic heterocycles. The second kappa shape index (κ2) is 10.4. The van der Waals surface area contributed by atoms with Crippen molar-refractivity contribution in [2.45, 2.75) is 25.6 Å². The highest BCUT2D eigenvalue weighted by molar-refractivity contribution is 5.94. The molecule has 2 N–H and O–H groups in total. The Morgan fingerprint density at radius 3 is 2.58 bits per heavy atom. The molecule has 0 aromatic heterocycles. The highest BCUT2D eigenvalue weighted by Crippen LogP contribution is 2.18. The molecular weight excluding hydrogens is 388 g/mol. The lowest BCUT2D eigenvalue weighted by molar-refractivity contribution is 0.0841. The summed E-state index contributed by atoms with van der Waals surface area (Å²) < 4.78 is 0. The van der Waals surface area contributed by atoms with Gasteiger partial charge in [-0.15, -0.1) is 0 Å². The summed E-state index contributed by atoms with van der Waals surface area (Å²) in [6.07, 6.45) is 0.428. The molecule has 1 amide bonds. The Hall–Kier alpha value is -2.25. The summed E-state index contributed by atoms with van der Waals surface area (Å²) in [5.74, 6) is -0.122. The highest BCUT2D eigenvalue weighted by Gasteiger charge is 2.19. The van der Waals surface area contributed by atoms with Crippen molar-refractivity contribution in [3.63, 3.8) is 0 Å². The van der Waals surface area contributed by atoms with Gasteiger partial charge in [-0.1, -0.05) is 36.4 Å². The average Bonchev–Trinajstić information content (AvgIpc) is 2.79. The quantitative estimate of drug-likeness (QED) is 0.710. The number of amides is 1.